The predicted molar refractivity (Wildman–Crippen MR) is 181 cm³/mol. The highest BCUT2D eigenvalue weighted by molar-refractivity contribution is 7.93. The van der Waals surface area contributed by atoms with E-state index in [1.165, 1.54) is 0 Å². The fraction of sp³-hybridized carbons (Fsp3) is 0.438. The summed E-state index contributed by atoms with van der Waals surface area (Å²) in [5.74, 6) is 0. The number of fused-ring (bicyclic) bond motifs is 2. The van der Waals surface area contributed by atoms with Crippen molar-refractivity contribution >= 4 is 46.1 Å². The third kappa shape index (κ3) is 7.43. The summed E-state index contributed by atoms with van der Waals surface area (Å²) in [7, 11) is -3.00. The molecule has 0 bridgehead atoms. The Balaban J connectivity index is 1.29. The van der Waals surface area contributed by atoms with E-state index in [1.54, 1.807) is 6.07 Å². The van der Waals surface area contributed by atoms with E-state index in [0.29, 0.717) is 41.1 Å². The minimum atomic E-state index is -1.72. The van der Waals surface area contributed by atoms with Crippen molar-refractivity contribution < 1.29 is 24.1 Å². The van der Waals surface area contributed by atoms with Crippen molar-refractivity contribution in [3.63, 3.8) is 0 Å². The van der Waals surface area contributed by atoms with Crippen LogP contribution in [-0.2, 0) is 30.6 Å². The third-order valence-electron chi connectivity index (χ3n) is 7.79. The van der Waals surface area contributed by atoms with Crippen molar-refractivity contribution in [1.29, 1.82) is 4.78 Å². The number of pyridine rings is 1. The molecule has 2 aliphatic rings. The van der Waals surface area contributed by atoms with E-state index < -0.39 is 36.0 Å². The van der Waals surface area contributed by atoms with Crippen LogP contribution in [-0.4, -0.2) is 84.5 Å². The second kappa shape index (κ2) is 12.7. The number of aliphatic hydroxyl groups is 1. The standard InChI is InChI=1S/C32H40ClN5O5SSi/c1-44(2,34)37-23-12-10-21(11-13-23)20-6-8-22(9-7-20)28-24(33)16-25-31(36-28)38(19-40-14-15-45(3,4)5)32(35-25)43-27-18-42-29-26(39)17-41-30(27)29/h6-13,16,26-27,29-30,34,39H,14-15,17-19H2,1-5H3/t26-,27-,29-,30-/m1/s1. The van der Waals surface area contributed by atoms with Gasteiger partial charge >= 0.3 is 6.01 Å². The third-order valence-corrected chi connectivity index (χ3v) is 10.4. The summed E-state index contributed by atoms with van der Waals surface area (Å²) in [6, 6.07) is 19.2. The second-order valence-corrected chi connectivity index (χ2v) is 21.9. The van der Waals surface area contributed by atoms with Crippen molar-refractivity contribution in [2.45, 2.75) is 56.8 Å². The molecule has 6 rings (SSSR count). The molecule has 13 heteroatoms. The molecule has 0 amide bonds. The molecule has 2 aromatic heterocycles. The molecular weight excluding hydrogens is 630 g/mol. The molecular formula is C32H40ClN5O5SSi. The van der Waals surface area contributed by atoms with Gasteiger partial charge in [0.15, 0.2) is 11.8 Å². The fourth-order valence-electron chi connectivity index (χ4n) is 5.43. The van der Waals surface area contributed by atoms with Crippen molar-refractivity contribution in [1.82, 2.24) is 14.5 Å². The quantitative estimate of drug-likeness (QED) is 0.144. The summed E-state index contributed by atoms with van der Waals surface area (Å²) in [4.78, 5) is 9.73. The highest BCUT2D eigenvalue weighted by atomic mass is 35.5. The number of benzene rings is 2. The summed E-state index contributed by atoms with van der Waals surface area (Å²) < 4.78 is 38.4. The molecule has 2 aliphatic heterocycles. The van der Waals surface area contributed by atoms with Gasteiger partial charge in [-0.05, 0) is 35.4 Å². The summed E-state index contributed by atoms with van der Waals surface area (Å²) in [6.07, 6.45) is 1.81. The average Bonchev–Trinajstić information content (AvgIpc) is 3.65. The zero-order valence-electron chi connectivity index (χ0n) is 26.2. The molecule has 0 unspecified atom stereocenters. The largest absolute Gasteiger partial charge is 0.456 e. The average molecular weight is 670 g/mol. The number of halogens is 1. The van der Waals surface area contributed by atoms with Gasteiger partial charge in [-0.2, -0.15) is 4.98 Å². The van der Waals surface area contributed by atoms with Gasteiger partial charge in [-0.1, -0.05) is 77.3 Å². The monoisotopic (exact) mass is 669 g/mol. The molecule has 2 fully saturated rings. The highest BCUT2D eigenvalue weighted by Gasteiger charge is 2.49. The number of ether oxygens (including phenoxy) is 4. The van der Waals surface area contributed by atoms with Crippen LogP contribution in [0.1, 0.15) is 0 Å². The molecule has 4 atom stereocenters. The summed E-state index contributed by atoms with van der Waals surface area (Å²) >= 11 is 6.79. The maximum Gasteiger partial charge on any atom is 0.301 e. The molecule has 0 spiro atoms. The van der Waals surface area contributed by atoms with Crippen LogP contribution < -0.4 is 4.74 Å². The van der Waals surface area contributed by atoms with Gasteiger partial charge in [0.25, 0.3) is 0 Å². The van der Waals surface area contributed by atoms with E-state index >= 15 is 0 Å². The van der Waals surface area contributed by atoms with Crippen LogP contribution in [0.25, 0.3) is 33.5 Å². The zero-order chi connectivity index (χ0) is 31.9. The van der Waals surface area contributed by atoms with Gasteiger partial charge in [0, 0.05) is 32.8 Å². The first-order valence-corrected chi connectivity index (χ1v) is 21.5. The van der Waals surface area contributed by atoms with E-state index in [-0.39, 0.29) is 19.4 Å². The molecule has 2 aromatic carbocycles. The molecule has 2 saturated heterocycles. The lowest BCUT2D eigenvalue weighted by Gasteiger charge is -2.19. The molecule has 0 radical (unpaired) electrons. The molecule has 10 nitrogen and oxygen atoms in total. The first kappa shape index (κ1) is 32.1. The smallest absolute Gasteiger partial charge is 0.301 e. The van der Waals surface area contributed by atoms with Crippen LogP contribution in [0, 0.1) is 4.78 Å². The number of nitrogens with one attached hydrogen (secondary N) is 1. The van der Waals surface area contributed by atoms with Gasteiger partial charge in [-0.25, -0.2) is 9.35 Å². The number of hydrogen-bond acceptors (Lipinski definition) is 9. The van der Waals surface area contributed by atoms with Gasteiger partial charge in [-0.15, -0.1) is 0 Å². The van der Waals surface area contributed by atoms with Gasteiger partial charge in [0.1, 0.15) is 30.6 Å². The second-order valence-electron chi connectivity index (χ2n) is 13.1. The van der Waals surface area contributed by atoms with Crippen LogP contribution in [0.3, 0.4) is 0 Å². The summed E-state index contributed by atoms with van der Waals surface area (Å²) in [6.45, 7) is 8.30. The predicted octanol–water partition coefficient (Wildman–Crippen LogP) is 6.63. The van der Waals surface area contributed by atoms with Gasteiger partial charge in [-0.3, -0.25) is 9.35 Å². The molecule has 4 heterocycles. The summed E-state index contributed by atoms with van der Waals surface area (Å²) in [5, 5.41) is 10.7. The number of aliphatic hydroxyl groups excluding tert-OH is 1. The topological polar surface area (TPSA) is 124 Å². The molecule has 4 aromatic rings. The van der Waals surface area contributed by atoms with Gasteiger partial charge in [0.2, 0.25) is 0 Å². The zero-order valence-corrected chi connectivity index (χ0v) is 28.8. The number of aromatic nitrogens is 3. The molecule has 0 saturated carbocycles. The Bertz CT molecular complexity index is 1790. The molecule has 45 heavy (non-hydrogen) atoms. The Labute approximate surface area is 270 Å². The summed E-state index contributed by atoms with van der Waals surface area (Å²) in [5.41, 5.74) is 5.61. The lowest BCUT2D eigenvalue weighted by molar-refractivity contribution is 0.00336. The minimum absolute atomic E-state index is 0.218. The van der Waals surface area contributed by atoms with E-state index in [9.17, 15) is 5.11 Å². The van der Waals surface area contributed by atoms with Crippen LogP contribution in [0.4, 0.5) is 5.69 Å². The molecule has 2 N–H and O–H groups in total. The van der Waals surface area contributed by atoms with Crippen molar-refractivity contribution in [3.05, 3.63) is 59.6 Å². The van der Waals surface area contributed by atoms with Gasteiger partial charge < -0.3 is 24.1 Å². The highest BCUT2D eigenvalue weighted by Crippen LogP contribution is 2.35. The minimum Gasteiger partial charge on any atom is -0.456 e. The number of nitrogens with zero attached hydrogens (tertiary/aromatic N) is 4. The van der Waals surface area contributed by atoms with Crippen LogP contribution in [0.2, 0.25) is 30.7 Å². The normalized spacial score (nSPS) is 21.8. The van der Waals surface area contributed by atoms with Crippen molar-refractivity contribution in [2.75, 3.05) is 32.3 Å². The lowest BCUT2D eigenvalue weighted by atomic mass is 10.0. The molecule has 0 aliphatic carbocycles. The lowest BCUT2D eigenvalue weighted by Crippen LogP contribution is -2.35. The van der Waals surface area contributed by atoms with E-state index in [0.717, 1.165) is 28.4 Å². The van der Waals surface area contributed by atoms with Crippen LogP contribution in [0.15, 0.2) is 59.0 Å². The maximum absolute atomic E-state index is 10.2. The Morgan fingerprint density at radius 3 is 2.31 bits per heavy atom. The fourth-order valence-corrected chi connectivity index (χ4v) is 7.09. The van der Waals surface area contributed by atoms with Crippen molar-refractivity contribution in [2.24, 2.45) is 4.36 Å². The SMILES string of the molecule is C[Si](C)(C)CCOCn1c(O[C@@H]2CO[C@H]3[C@@H]2OC[C@H]3O)nc2cc(Cl)c(-c3ccc(-c4ccc(N=S(C)(C)=N)cc4)cc3)nc21. The van der Waals surface area contributed by atoms with E-state index in [4.69, 9.17) is 45.3 Å². The number of hydrogen-bond donors (Lipinski definition) is 2. The Kier molecular flexibility index (Phi) is 9.10. The van der Waals surface area contributed by atoms with Crippen LogP contribution >= 0.6 is 11.6 Å². The Morgan fingerprint density at radius 1 is 1.00 bits per heavy atom. The van der Waals surface area contributed by atoms with Crippen molar-refractivity contribution in [3.8, 4) is 28.4 Å². The Morgan fingerprint density at radius 2 is 1.64 bits per heavy atom. The van der Waals surface area contributed by atoms with Crippen LogP contribution in [0.5, 0.6) is 6.01 Å². The first-order chi connectivity index (χ1) is 21.3. The first-order valence-electron chi connectivity index (χ1n) is 15.0. The Hall–Kier alpha value is -2.84. The molecule has 240 valence electrons. The maximum atomic E-state index is 10.2. The van der Waals surface area contributed by atoms with Gasteiger partial charge in [0.05, 0.1) is 29.6 Å². The van der Waals surface area contributed by atoms with E-state index in [2.05, 4.69) is 24.0 Å². The number of imidazole rings is 1. The van der Waals surface area contributed by atoms with E-state index in [1.807, 2.05) is 65.6 Å². The number of rotatable bonds is 10.